The summed E-state index contributed by atoms with van der Waals surface area (Å²) in [4.78, 5) is 11.7. The maximum absolute atomic E-state index is 11.7. The third-order valence-corrected chi connectivity index (χ3v) is 21.6. The number of carbonyl (C=O) groups is 1. The summed E-state index contributed by atoms with van der Waals surface area (Å²) in [6.07, 6.45) is 14.2. The fraction of sp³-hybridized carbons (Fsp3) is 0.825. The first-order valence-corrected chi connectivity index (χ1v) is 28.3. The van der Waals surface area contributed by atoms with E-state index in [1.54, 1.807) is 0 Å². The van der Waals surface area contributed by atoms with Crippen LogP contribution in [-0.4, -0.2) is 60.9 Å². The molecule has 0 aromatic heterocycles. The van der Waals surface area contributed by atoms with E-state index in [-0.39, 0.29) is 41.5 Å². The highest BCUT2D eigenvalue weighted by molar-refractivity contribution is 6.74. The van der Waals surface area contributed by atoms with Gasteiger partial charge in [-0.1, -0.05) is 91.2 Å². The second-order valence-corrected chi connectivity index (χ2v) is 31.4. The Balaban J connectivity index is 2.54. The van der Waals surface area contributed by atoms with Crippen molar-refractivity contribution in [3.63, 3.8) is 0 Å². The second kappa shape index (κ2) is 19.1. The van der Waals surface area contributed by atoms with Crippen LogP contribution in [0.4, 0.5) is 0 Å². The van der Waals surface area contributed by atoms with E-state index in [1.165, 1.54) is 44.8 Å². The molecule has 2 aliphatic carbocycles. The number of aliphatic hydroxyl groups excluding tert-OH is 1. The van der Waals surface area contributed by atoms with E-state index in [0.717, 1.165) is 49.1 Å². The van der Waals surface area contributed by atoms with Gasteiger partial charge < -0.3 is 23.1 Å². The first-order chi connectivity index (χ1) is 22.7. The maximum Gasteiger partial charge on any atom is 0.305 e. The maximum atomic E-state index is 11.7. The van der Waals surface area contributed by atoms with Gasteiger partial charge >= 0.3 is 5.97 Å². The van der Waals surface area contributed by atoms with Gasteiger partial charge in [0.2, 0.25) is 8.32 Å². The lowest BCUT2D eigenvalue weighted by molar-refractivity contribution is -0.141. The van der Waals surface area contributed by atoms with Gasteiger partial charge in [-0.05, 0) is 100 Å². The van der Waals surface area contributed by atoms with Crippen LogP contribution in [0, 0.1) is 23.7 Å². The molecule has 2 rings (SSSR count). The molecule has 0 saturated heterocycles. The van der Waals surface area contributed by atoms with E-state index in [9.17, 15) is 9.90 Å². The van der Waals surface area contributed by atoms with Gasteiger partial charge in [0.05, 0.1) is 24.6 Å². The SMILES string of the molecule is CC[Si](CC)(CC)OC1CC(O[Si](C)(C)C(C)(C)C)=C(CC#CC(O)CCC(=O)OC)C1C=CCC(C)(CCC1CCCC1)O[Si](C)(C)C. The molecule has 4 atom stereocenters. The zero-order valence-corrected chi connectivity index (χ0v) is 36.9. The number of rotatable bonds is 19. The molecule has 0 aromatic rings. The third-order valence-electron chi connectivity index (χ3n) is 11.5. The van der Waals surface area contributed by atoms with Gasteiger partial charge in [-0.3, -0.25) is 4.79 Å². The average Bonchev–Trinajstić information content (AvgIpc) is 3.64. The van der Waals surface area contributed by atoms with E-state index in [0.29, 0.717) is 6.42 Å². The van der Waals surface area contributed by atoms with Crippen molar-refractivity contribution in [3.05, 3.63) is 23.5 Å². The Morgan fingerprint density at radius 3 is 2.16 bits per heavy atom. The molecule has 4 unspecified atom stereocenters. The van der Waals surface area contributed by atoms with Crippen LogP contribution >= 0.6 is 0 Å². The van der Waals surface area contributed by atoms with Crippen LogP contribution in [0.25, 0.3) is 0 Å². The largest absolute Gasteiger partial charge is 0.546 e. The molecule has 0 spiro atoms. The summed E-state index contributed by atoms with van der Waals surface area (Å²) >= 11 is 0. The molecular weight excluding hydrogens is 661 g/mol. The molecule has 0 aliphatic heterocycles. The van der Waals surface area contributed by atoms with E-state index in [4.69, 9.17) is 18.0 Å². The average molecular weight is 735 g/mol. The fourth-order valence-electron chi connectivity index (χ4n) is 7.21. The minimum absolute atomic E-state index is 0.00578. The lowest BCUT2D eigenvalue weighted by Crippen LogP contribution is -2.42. The number of esters is 1. The van der Waals surface area contributed by atoms with Gasteiger partial charge in [0, 0.05) is 25.2 Å². The smallest absolute Gasteiger partial charge is 0.305 e. The number of methoxy groups -OCH3 is 1. The Bertz CT molecular complexity index is 1150. The highest BCUT2D eigenvalue weighted by Gasteiger charge is 2.45. The minimum Gasteiger partial charge on any atom is -0.546 e. The molecule has 6 nitrogen and oxygen atoms in total. The Morgan fingerprint density at radius 1 is 1.02 bits per heavy atom. The molecule has 0 heterocycles. The predicted octanol–water partition coefficient (Wildman–Crippen LogP) is 10.9. The van der Waals surface area contributed by atoms with Gasteiger partial charge in [-0.2, -0.15) is 0 Å². The second-order valence-electron chi connectivity index (χ2n) is 17.6. The lowest BCUT2D eigenvalue weighted by Gasteiger charge is -2.37. The zero-order valence-electron chi connectivity index (χ0n) is 33.9. The molecule has 49 heavy (non-hydrogen) atoms. The number of carbonyl (C=O) groups excluding carboxylic acids is 1. The molecule has 0 radical (unpaired) electrons. The number of aliphatic hydroxyl groups is 1. The highest BCUT2D eigenvalue weighted by atomic mass is 28.4. The number of hydrogen-bond donors (Lipinski definition) is 1. The summed E-state index contributed by atoms with van der Waals surface area (Å²) in [7, 11) is -4.49. The van der Waals surface area contributed by atoms with Crippen molar-refractivity contribution >= 4 is 30.9 Å². The van der Waals surface area contributed by atoms with Gasteiger partial charge in [0.15, 0.2) is 16.6 Å². The standard InChI is InChI=1S/C40H74O6Si3/c1-14-49(15-2,16-3)45-37-31-36(44-48(12,13)39(4,5)6)34(24-19-23-33(41)26-27-38(42)43-8)35(37)25-20-29-40(7,46-47(9,10)11)30-28-32-21-17-18-22-32/h20,25,32-33,35,37,41H,14-18,21-22,24,26-31H2,1-13H3. The van der Waals surface area contributed by atoms with Crippen LogP contribution < -0.4 is 0 Å². The van der Waals surface area contributed by atoms with E-state index >= 15 is 0 Å². The van der Waals surface area contributed by atoms with Crippen LogP contribution in [0.1, 0.15) is 119 Å². The molecule has 1 fully saturated rings. The summed E-state index contributed by atoms with van der Waals surface area (Å²) in [5, 5.41) is 10.6. The molecule has 1 saturated carbocycles. The van der Waals surface area contributed by atoms with Gasteiger partial charge in [-0.15, -0.1) is 0 Å². The van der Waals surface area contributed by atoms with Gasteiger partial charge in [0.1, 0.15) is 6.10 Å². The highest BCUT2D eigenvalue weighted by Crippen LogP contribution is 2.46. The summed E-state index contributed by atoms with van der Waals surface area (Å²) < 4.78 is 26.1. The number of ether oxygens (including phenoxy) is 1. The van der Waals surface area contributed by atoms with Crippen LogP contribution in [0.5, 0.6) is 0 Å². The molecule has 2 aliphatic rings. The van der Waals surface area contributed by atoms with Crippen molar-refractivity contribution in [3.8, 4) is 11.8 Å². The van der Waals surface area contributed by atoms with Gasteiger partial charge in [-0.25, -0.2) is 0 Å². The van der Waals surface area contributed by atoms with E-state index in [2.05, 4.69) is 105 Å². The van der Waals surface area contributed by atoms with Crippen LogP contribution in [0.2, 0.25) is 55.9 Å². The first-order valence-electron chi connectivity index (χ1n) is 19.4. The normalized spacial score (nSPS) is 21.5. The van der Waals surface area contributed by atoms with Crippen molar-refractivity contribution < 1.29 is 27.9 Å². The molecular formula is C40H74O6Si3. The third kappa shape index (κ3) is 14.1. The zero-order chi connectivity index (χ0) is 37.1. The van der Waals surface area contributed by atoms with Gasteiger partial charge in [0.25, 0.3) is 0 Å². The van der Waals surface area contributed by atoms with E-state index < -0.39 is 31.1 Å². The molecule has 0 aromatic carbocycles. The first kappa shape index (κ1) is 44.0. The van der Waals surface area contributed by atoms with Crippen molar-refractivity contribution in [1.82, 2.24) is 0 Å². The minimum atomic E-state index is -2.15. The van der Waals surface area contributed by atoms with Crippen molar-refractivity contribution in [2.24, 2.45) is 11.8 Å². The van der Waals surface area contributed by atoms with Crippen LogP contribution in [0.15, 0.2) is 23.5 Å². The molecule has 0 amide bonds. The Labute approximate surface area is 305 Å². The van der Waals surface area contributed by atoms with E-state index in [1.807, 2.05) is 0 Å². The topological polar surface area (TPSA) is 74.2 Å². The van der Waals surface area contributed by atoms with Crippen LogP contribution in [0.3, 0.4) is 0 Å². The fourth-order valence-corrected chi connectivity index (χ4v) is 12.9. The molecule has 1 N–H and O–H groups in total. The Morgan fingerprint density at radius 2 is 1.63 bits per heavy atom. The summed E-state index contributed by atoms with van der Waals surface area (Å²) in [5.74, 6) is 7.90. The quantitative estimate of drug-likeness (QED) is 0.0616. The molecule has 0 bridgehead atoms. The monoisotopic (exact) mass is 734 g/mol. The van der Waals surface area contributed by atoms with Crippen molar-refractivity contribution in [2.45, 2.75) is 193 Å². The number of hydrogen-bond acceptors (Lipinski definition) is 6. The molecule has 9 heteroatoms. The predicted molar refractivity (Wildman–Crippen MR) is 213 cm³/mol. The van der Waals surface area contributed by atoms with Crippen molar-refractivity contribution in [1.29, 1.82) is 0 Å². The van der Waals surface area contributed by atoms with Crippen LogP contribution in [-0.2, 0) is 22.8 Å². The lowest BCUT2D eigenvalue weighted by atomic mass is 9.89. The Kier molecular flexibility index (Phi) is 17.1. The molecule has 282 valence electrons. The summed E-state index contributed by atoms with van der Waals surface area (Å²) in [6, 6.07) is 3.28. The summed E-state index contributed by atoms with van der Waals surface area (Å²) in [5.41, 5.74) is 0.991. The summed E-state index contributed by atoms with van der Waals surface area (Å²) in [6.45, 7) is 27.6. The Hall–Kier alpha value is -1.16. The van der Waals surface area contributed by atoms with Crippen molar-refractivity contribution in [2.75, 3.05) is 7.11 Å².